The second-order valence-electron chi connectivity index (χ2n) is 8.33. The van der Waals surface area contributed by atoms with Gasteiger partial charge >= 0.3 is 0 Å². The monoisotopic (exact) mass is 430 g/mol. The van der Waals surface area contributed by atoms with Gasteiger partial charge in [-0.25, -0.2) is 0 Å². The molecule has 0 saturated heterocycles. The molecule has 0 nitrogen and oxygen atoms in total. The van der Waals surface area contributed by atoms with Crippen molar-refractivity contribution in [3.63, 3.8) is 0 Å². The summed E-state index contributed by atoms with van der Waals surface area (Å²) in [5, 5.41) is 3.91. The molecule has 0 aliphatic carbocycles. The summed E-state index contributed by atoms with van der Waals surface area (Å²) in [5.41, 5.74) is 7.75. The van der Waals surface area contributed by atoms with Crippen molar-refractivity contribution in [1.82, 2.24) is 0 Å². The second kappa shape index (κ2) is 8.61. The van der Waals surface area contributed by atoms with Gasteiger partial charge in [0.15, 0.2) is 0 Å². The average molecular weight is 431 g/mol. The first-order valence-electron chi connectivity index (χ1n) is 11.1. The van der Waals surface area contributed by atoms with Crippen molar-refractivity contribution in [2.75, 3.05) is 0 Å². The maximum absolute atomic E-state index is 2.32. The van der Waals surface area contributed by atoms with Crippen molar-refractivity contribution in [3.8, 4) is 10.4 Å². The van der Waals surface area contributed by atoms with Gasteiger partial charge in [-0.05, 0) is 82.4 Å². The normalized spacial score (nSPS) is 12.0. The second-order valence-corrected chi connectivity index (χ2v) is 9.38. The van der Waals surface area contributed by atoms with Crippen LogP contribution in [0.1, 0.15) is 34.7 Å². The first-order chi connectivity index (χ1) is 15.6. The molecule has 0 aliphatic heterocycles. The molecular formula is C31H26S. The number of aryl methyl sites for hydroxylation is 2. The van der Waals surface area contributed by atoms with Gasteiger partial charge in [-0.2, -0.15) is 0 Å². The van der Waals surface area contributed by atoms with E-state index in [4.69, 9.17) is 0 Å². The summed E-state index contributed by atoms with van der Waals surface area (Å²) in [6.07, 6.45) is 8.67. The standard InChI is InChI=1S/C31H26S/c1-4-7-23-13-16-28(21(2)18-23)31-22(3)29-17-14-25(20-30(29)32-31)11-10-24-12-15-26-8-5-6-9-27(26)19-24/h4-20H,1-3H3/b7-4+,11-10+. The maximum atomic E-state index is 2.32. The number of fused-ring (bicyclic) bond motifs is 2. The topological polar surface area (TPSA) is 0 Å². The Morgan fingerprint density at radius 1 is 0.656 bits per heavy atom. The van der Waals surface area contributed by atoms with Gasteiger partial charge in [0.2, 0.25) is 0 Å². The minimum absolute atomic E-state index is 1.23. The predicted molar refractivity (Wildman–Crippen MR) is 144 cm³/mol. The third-order valence-electron chi connectivity index (χ3n) is 6.06. The molecule has 0 radical (unpaired) electrons. The van der Waals surface area contributed by atoms with Crippen LogP contribution in [0.2, 0.25) is 0 Å². The zero-order valence-electron chi connectivity index (χ0n) is 18.7. The lowest BCUT2D eigenvalue weighted by Crippen LogP contribution is -1.84. The molecule has 0 amide bonds. The van der Waals surface area contributed by atoms with E-state index in [1.807, 2.05) is 11.3 Å². The molecule has 32 heavy (non-hydrogen) atoms. The lowest BCUT2D eigenvalue weighted by molar-refractivity contribution is 1.44. The molecule has 0 N–H and O–H groups in total. The fourth-order valence-corrected chi connectivity index (χ4v) is 5.69. The Kier molecular flexibility index (Phi) is 5.51. The molecule has 1 heterocycles. The number of rotatable bonds is 4. The van der Waals surface area contributed by atoms with E-state index in [-0.39, 0.29) is 0 Å². The lowest BCUT2D eigenvalue weighted by Gasteiger charge is -2.06. The molecule has 0 unspecified atom stereocenters. The van der Waals surface area contributed by atoms with Crippen LogP contribution < -0.4 is 0 Å². The maximum Gasteiger partial charge on any atom is 0.0387 e. The summed E-state index contributed by atoms with van der Waals surface area (Å²) in [6, 6.07) is 28.7. The number of allylic oxidation sites excluding steroid dienone is 1. The average Bonchev–Trinajstić information content (AvgIpc) is 3.13. The van der Waals surface area contributed by atoms with Crippen molar-refractivity contribution in [3.05, 3.63) is 113 Å². The van der Waals surface area contributed by atoms with Gasteiger partial charge in [-0.1, -0.05) is 91.0 Å². The van der Waals surface area contributed by atoms with Crippen molar-refractivity contribution < 1.29 is 0 Å². The minimum atomic E-state index is 1.23. The number of thiophene rings is 1. The molecule has 1 aromatic heterocycles. The highest BCUT2D eigenvalue weighted by molar-refractivity contribution is 7.22. The van der Waals surface area contributed by atoms with E-state index in [0.717, 1.165) is 0 Å². The van der Waals surface area contributed by atoms with Gasteiger partial charge < -0.3 is 0 Å². The van der Waals surface area contributed by atoms with Gasteiger partial charge in [0.25, 0.3) is 0 Å². The highest BCUT2D eigenvalue weighted by Crippen LogP contribution is 2.40. The molecule has 5 aromatic rings. The van der Waals surface area contributed by atoms with Crippen LogP contribution >= 0.6 is 11.3 Å². The van der Waals surface area contributed by atoms with Crippen LogP contribution in [0.3, 0.4) is 0 Å². The molecule has 0 spiro atoms. The van der Waals surface area contributed by atoms with E-state index in [9.17, 15) is 0 Å². The molecule has 0 atom stereocenters. The molecule has 5 rings (SSSR count). The van der Waals surface area contributed by atoms with Crippen LogP contribution in [0.15, 0.2) is 84.9 Å². The Hall–Kier alpha value is -3.42. The lowest BCUT2D eigenvalue weighted by atomic mass is 10.00. The molecular weight excluding hydrogens is 404 g/mol. The van der Waals surface area contributed by atoms with Crippen LogP contribution in [0.25, 0.3) is 49.5 Å². The Morgan fingerprint density at radius 3 is 2.12 bits per heavy atom. The molecule has 156 valence electrons. The zero-order valence-corrected chi connectivity index (χ0v) is 19.5. The van der Waals surface area contributed by atoms with Gasteiger partial charge in [-0.3, -0.25) is 0 Å². The zero-order chi connectivity index (χ0) is 22.1. The summed E-state index contributed by atoms with van der Waals surface area (Å²) < 4.78 is 1.34. The Morgan fingerprint density at radius 2 is 1.34 bits per heavy atom. The number of hydrogen-bond donors (Lipinski definition) is 0. The van der Waals surface area contributed by atoms with E-state index in [1.165, 1.54) is 59.1 Å². The molecule has 1 heteroatoms. The summed E-state index contributed by atoms with van der Waals surface area (Å²) in [7, 11) is 0. The largest absolute Gasteiger partial charge is 0.135 e. The molecule has 4 aromatic carbocycles. The van der Waals surface area contributed by atoms with Gasteiger partial charge in [0.1, 0.15) is 0 Å². The summed E-state index contributed by atoms with van der Waals surface area (Å²) in [6.45, 7) is 6.52. The van der Waals surface area contributed by atoms with Crippen LogP contribution in [0.5, 0.6) is 0 Å². The van der Waals surface area contributed by atoms with Crippen LogP contribution in [-0.2, 0) is 0 Å². The molecule has 0 fully saturated rings. The van der Waals surface area contributed by atoms with Gasteiger partial charge in [0.05, 0.1) is 0 Å². The Bertz CT molecular complexity index is 1490. The fourth-order valence-electron chi connectivity index (χ4n) is 4.34. The Labute approximate surface area is 194 Å². The quantitative estimate of drug-likeness (QED) is 0.249. The van der Waals surface area contributed by atoms with Crippen LogP contribution in [0.4, 0.5) is 0 Å². The smallest absolute Gasteiger partial charge is 0.0387 e. The van der Waals surface area contributed by atoms with Crippen LogP contribution in [0, 0.1) is 13.8 Å². The summed E-state index contributed by atoms with van der Waals surface area (Å²) in [5.74, 6) is 0. The first-order valence-corrected chi connectivity index (χ1v) is 11.9. The summed E-state index contributed by atoms with van der Waals surface area (Å²) in [4.78, 5) is 1.38. The fraction of sp³-hybridized carbons (Fsp3) is 0.0968. The third kappa shape index (κ3) is 3.92. The highest BCUT2D eigenvalue weighted by Gasteiger charge is 2.12. The Balaban J connectivity index is 1.48. The molecule has 0 aliphatic rings. The van der Waals surface area contributed by atoms with E-state index < -0.39 is 0 Å². The number of hydrogen-bond acceptors (Lipinski definition) is 1. The van der Waals surface area contributed by atoms with Crippen molar-refractivity contribution in [2.24, 2.45) is 0 Å². The van der Waals surface area contributed by atoms with E-state index in [1.54, 1.807) is 0 Å². The summed E-state index contributed by atoms with van der Waals surface area (Å²) >= 11 is 1.90. The van der Waals surface area contributed by atoms with Crippen molar-refractivity contribution in [1.29, 1.82) is 0 Å². The molecule has 0 saturated carbocycles. The first kappa shape index (κ1) is 20.5. The predicted octanol–water partition coefficient (Wildman–Crippen LogP) is 9.54. The van der Waals surface area contributed by atoms with Crippen molar-refractivity contribution in [2.45, 2.75) is 20.8 Å². The molecule has 0 bridgehead atoms. The van der Waals surface area contributed by atoms with E-state index in [2.05, 4.69) is 124 Å². The SMILES string of the molecule is C/C=C/c1ccc(-c2sc3cc(/C=C/c4ccc5ccccc5c4)ccc3c2C)c(C)c1. The van der Waals surface area contributed by atoms with Gasteiger partial charge in [0, 0.05) is 9.58 Å². The van der Waals surface area contributed by atoms with Crippen LogP contribution in [-0.4, -0.2) is 0 Å². The van der Waals surface area contributed by atoms with E-state index in [0.29, 0.717) is 0 Å². The number of benzene rings is 4. The van der Waals surface area contributed by atoms with E-state index >= 15 is 0 Å². The van der Waals surface area contributed by atoms with Gasteiger partial charge in [-0.15, -0.1) is 11.3 Å². The van der Waals surface area contributed by atoms with Crippen molar-refractivity contribution >= 4 is 50.4 Å². The third-order valence-corrected chi connectivity index (χ3v) is 7.35. The minimum Gasteiger partial charge on any atom is -0.135 e. The highest BCUT2D eigenvalue weighted by atomic mass is 32.1.